The smallest absolute Gasteiger partial charge is 0.246 e. The molecule has 5 nitrogen and oxygen atoms in total. The van der Waals surface area contributed by atoms with Gasteiger partial charge in [0.15, 0.2) is 0 Å². The molecular formula is C14H23N3O2. The Morgan fingerprint density at radius 1 is 1.05 bits per heavy atom. The molecule has 3 aliphatic heterocycles. The number of nitrogens with one attached hydrogen (secondary N) is 1. The minimum Gasteiger partial charge on any atom is -0.303 e. The first-order chi connectivity index (χ1) is 9.06. The topological polar surface area (TPSA) is 52.7 Å². The van der Waals surface area contributed by atoms with Gasteiger partial charge < -0.3 is 10.2 Å². The number of rotatable bonds is 2. The van der Waals surface area contributed by atoms with E-state index in [1.165, 1.54) is 17.7 Å². The average Bonchev–Trinajstić information content (AvgIpc) is 2.63. The number of nitrogens with zero attached hydrogens (tertiary/aromatic N) is 2. The first-order valence-electron chi connectivity index (χ1n) is 7.34. The molecule has 0 aromatic heterocycles. The van der Waals surface area contributed by atoms with E-state index in [1.54, 1.807) is 7.05 Å². The summed E-state index contributed by atoms with van der Waals surface area (Å²) in [7, 11) is 3.81. The molecule has 1 N–H and O–H groups in total. The van der Waals surface area contributed by atoms with Gasteiger partial charge in [-0.2, -0.15) is 0 Å². The fourth-order valence-electron chi connectivity index (χ4n) is 3.90. The van der Waals surface area contributed by atoms with Crippen molar-refractivity contribution in [3.63, 3.8) is 0 Å². The zero-order valence-corrected chi connectivity index (χ0v) is 11.8. The molecule has 3 unspecified atom stereocenters. The Morgan fingerprint density at radius 2 is 1.68 bits per heavy atom. The Bertz CT molecular complexity index is 384. The van der Waals surface area contributed by atoms with E-state index in [0.29, 0.717) is 31.0 Å². The molecule has 0 saturated carbocycles. The van der Waals surface area contributed by atoms with E-state index >= 15 is 0 Å². The van der Waals surface area contributed by atoms with Crippen molar-refractivity contribution in [1.82, 2.24) is 15.1 Å². The van der Waals surface area contributed by atoms with Crippen LogP contribution in [0.4, 0.5) is 0 Å². The highest BCUT2D eigenvalue weighted by Gasteiger charge is 2.40. The quantitative estimate of drug-likeness (QED) is 0.732. The number of amides is 2. The number of fused-ring (bicyclic) bond motifs is 2. The van der Waals surface area contributed by atoms with Crippen molar-refractivity contribution in [3.8, 4) is 0 Å². The molecule has 3 aliphatic rings. The van der Waals surface area contributed by atoms with Gasteiger partial charge in [-0.05, 0) is 39.2 Å². The van der Waals surface area contributed by atoms with Gasteiger partial charge in [0.2, 0.25) is 11.8 Å². The van der Waals surface area contributed by atoms with Crippen molar-refractivity contribution >= 4 is 11.8 Å². The molecule has 3 saturated heterocycles. The van der Waals surface area contributed by atoms with Gasteiger partial charge in [0.1, 0.15) is 0 Å². The normalized spacial score (nSPS) is 40.0. The first kappa shape index (κ1) is 13.1. The predicted octanol–water partition coefficient (Wildman–Crippen LogP) is 0.349. The van der Waals surface area contributed by atoms with Gasteiger partial charge in [0.05, 0.1) is 6.04 Å². The molecule has 19 heavy (non-hydrogen) atoms. The maximum atomic E-state index is 12.1. The molecule has 3 rings (SSSR count). The van der Waals surface area contributed by atoms with Crippen molar-refractivity contribution < 1.29 is 9.59 Å². The Labute approximate surface area is 114 Å². The lowest BCUT2D eigenvalue weighted by atomic mass is 9.95. The lowest BCUT2D eigenvalue weighted by Crippen LogP contribution is -2.56. The largest absolute Gasteiger partial charge is 0.303 e. The van der Waals surface area contributed by atoms with E-state index in [9.17, 15) is 9.59 Å². The summed E-state index contributed by atoms with van der Waals surface area (Å²) < 4.78 is 0. The molecule has 0 aromatic carbocycles. The van der Waals surface area contributed by atoms with Crippen LogP contribution in [0.5, 0.6) is 0 Å². The van der Waals surface area contributed by atoms with Gasteiger partial charge in [-0.25, -0.2) is 0 Å². The van der Waals surface area contributed by atoms with Crippen molar-refractivity contribution in [1.29, 1.82) is 0 Å². The molecule has 2 bridgehead atoms. The predicted molar refractivity (Wildman–Crippen MR) is 71.5 cm³/mol. The molecule has 106 valence electrons. The fraction of sp³-hybridized carbons (Fsp3) is 0.857. The summed E-state index contributed by atoms with van der Waals surface area (Å²) in [5.41, 5.74) is 0. The van der Waals surface area contributed by atoms with Crippen molar-refractivity contribution in [2.75, 3.05) is 14.1 Å². The molecule has 3 fully saturated rings. The van der Waals surface area contributed by atoms with Gasteiger partial charge >= 0.3 is 0 Å². The number of carbonyl (C=O) groups is 2. The van der Waals surface area contributed by atoms with Crippen LogP contribution in [-0.2, 0) is 9.59 Å². The number of imide groups is 1. The van der Waals surface area contributed by atoms with Crippen molar-refractivity contribution in [2.45, 2.75) is 62.7 Å². The second kappa shape index (κ2) is 4.87. The molecular weight excluding hydrogens is 242 g/mol. The summed E-state index contributed by atoms with van der Waals surface area (Å²) in [5, 5.41) is 3.51. The third-order valence-corrected chi connectivity index (χ3v) is 5.18. The lowest BCUT2D eigenvalue weighted by molar-refractivity contribution is -0.148. The number of likely N-dealkylation sites (N-methyl/N-ethyl adjacent to an activating group) is 1. The highest BCUT2D eigenvalue weighted by molar-refractivity contribution is 6.00. The van der Waals surface area contributed by atoms with Gasteiger partial charge in [-0.3, -0.25) is 14.5 Å². The fourth-order valence-corrected chi connectivity index (χ4v) is 3.90. The minimum atomic E-state index is -0.157. The van der Waals surface area contributed by atoms with Crippen LogP contribution in [0.15, 0.2) is 0 Å². The Hall–Kier alpha value is -0.940. The van der Waals surface area contributed by atoms with Gasteiger partial charge in [0, 0.05) is 31.6 Å². The Kier molecular flexibility index (Phi) is 3.35. The summed E-state index contributed by atoms with van der Waals surface area (Å²) in [6, 6.07) is 1.63. The van der Waals surface area contributed by atoms with Gasteiger partial charge in [-0.1, -0.05) is 0 Å². The van der Waals surface area contributed by atoms with Crippen LogP contribution in [0, 0.1) is 0 Å². The number of carbonyl (C=O) groups excluding carboxylic acids is 2. The van der Waals surface area contributed by atoms with E-state index in [0.717, 1.165) is 12.8 Å². The highest BCUT2D eigenvalue weighted by Crippen LogP contribution is 2.34. The molecule has 3 atom stereocenters. The Morgan fingerprint density at radius 3 is 2.32 bits per heavy atom. The van der Waals surface area contributed by atoms with E-state index < -0.39 is 0 Å². The molecule has 0 spiro atoms. The van der Waals surface area contributed by atoms with Crippen LogP contribution in [0.25, 0.3) is 0 Å². The lowest BCUT2D eigenvalue weighted by Gasteiger charge is -2.39. The third kappa shape index (κ3) is 2.30. The van der Waals surface area contributed by atoms with E-state index in [1.807, 2.05) is 0 Å². The van der Waals surface area contributed by atoms with Crippen LogP contribution in [-0.4, -0.2) is 59.9 Å². The second-order valence-electron chi connectivity index (χ2n) is 6.27. The number of hydrogen-bond acceptors (Lipinski definition) is 4. The second-order valence-corrected chi connectivity index (χ2v) is 6.27. The van der Waals surface area contributed by atoms with E-state index in [-0.39, 0.29) is 17.9 Å². The first-order valence-corrected chi connectivity index (χ1v) is 7.34. The number of hydrogen-bond donors (Lipinski definition) is 1. The Balaban J connectivity index is 1.60. The summed E-state index contributed by atoms with van der Waals surface area (Å²) >= 11 is 0. The molecule has 0 aromatic rings. The number of likely N-dealkylation sites (tertiary alicyclic amines) is 1. The highest BCUT2D eigenvalue weighted by atomic mass is 16.2. The zero-order chi connectivity index (χ0) is 13.6. The molecule has 3 heterocycles. The standard InChI is InChI=1S/C14H23N3O2/c1-16-10-3-4-11(16)8-9(7-10)15-12-5-6-13(18)17(2)14(12)19/h9-12,15H,3-8H2,1-2H3. The average molecular weight is 265 g/mol. The van der Waals surface area contributed by atoms with Crippen molar-refractivity contribution in [3.05, 3.63) is 0 Å². The summed E-state index contributed by atoms with van der Waals surface area (Å²) in [5.74, 6) is -0.103. The monoisotopic (exact) mass is 265 g/mol. The van der Waals surface area contributed by atoms with Gasteiger partial charge in [-0.15, -0.1) is 0 Å². The van der Waals surface area contributed by atoms with Crippen LogP contribution in [0.2, 0.25) is 0 Å². The SMILES string of the molecule is CN1C(=O)CCC(NC2CC3CCC(C2)N3C)C1=O. The van der Waals surface area contributed by atoms with Crippen molar-refractivity contribution in [2.24, 2.45) is 0 Å². The van der Waals surface area contributed by atoms with Crippen LogP contribution < -0.4 is 5.32 Å². The van der Waals surface area contributed by atoms with Crippen LogP contribution >= 0.6 is 0 Å². The maximum absolute atomic E-state index is 12.1. The van der Waals surface area contributed by atoms with Gasteiger partial charge in [0.25, 0.3) is 0 Å². The molecule has 2 amide bonds. The van der Waals surface area contributed by atoms with Crippen LogP contribution in [0.1, 0.15) is 38.5 Å². The third-order valence-electron chi connectivity index (χ3n) is 5.18. The summed E-state index contributed by atoms with van der Waals surface area (Å²) in [6.07, 6.45) is 5.98. The summed E-state index contributed by atoms with van der Waals surface area (Å²) in [6.45, 7) is 0. The minimum absolute atomic E-state index is 0.0495. The molecule has 0 aliphatic carbocycles. The zero-order valence-electron chi connectivity index (χ0n) is 11.8. The van der Waals surface area contributed by atoms with E-state index in [4.69, 9.17) is 0 Å². The van der Waals surface area contributed by atoms with E-state index in [2.05, 4.69) is 17.3 Å². The van der Waals surface area contributed by atoms with Crippen LogP contribution in [0.3, 0.4) is 0 Å². The maximum Gasteiger partial charge on any atom is 0.246 e. The molecule has 0 radical (unpaired) electrons. The number of piperidine rings is 2. The molecule has 5 heteroatoms. The summed E-state index contributed by atoms with van der Waals surface area (Å²) in [4.78, 5) is 27.3.